The van der Waals surface area contributed by atoms with Gasteiger partial charge in [-0.25, -0.2) is 17.6 Å². The Morgan fingerprint density at radius 3 is 0.832 bits per heavy atom. The summed E-state index contributed by atoms with van der Waals surface area (Å²) < 4.78 is 122. The molecule has 0 N–H and O–H groups in total. The van der Waals surface area contributed by atoms with Crippen LogP contribution in [0.4, 0.5) is 22.0 Å². The Hall–Kier alpha value is -0.750. The van der Waals surface area contributed by atoms with Crippen LogP contribution in [0.5, 0.6) is 0 Å². The zero-order valence-electron chi connectivity index (χ0n) is 106. The van der Waals surface area contributed by atoms with Gasteiger partial charge in [0, 0.05) is 38.8 Å². The van der Waals surface area contributed by atoms with Crippen LogP contribution in [0, 0.1) is 228 Å². The van der Waals surface area contributed by atoms with Gasteiger partial charge in [-0.1, -0.05) is 394 Å². The van der Waals surface area contributed by atoms with Crippen LogP contribution in [-0.2, 0) is 47.4 Å². The summed E-state index contributed by atoms with van der Waals surface area (Å²) in [5, 5.41) is 0. The van der Waals surface area contributed by atoms with Crippen LogP contribution in [-0.4, -0.2) is 157 Å². The largest absolute Gasteiger partial charge is 0.382 e. The zero-order chi connectivity index (χ0) is 113. The Labute approximate surface area is 888 Å². The molecule has 0 saturated carbocycles. The molecule has 0 radical (unpaired) electrons. The highest BCUT2D eigenvalue weighted by Gasteiger charge is 2.54. The third-order valence-electron chi connectivity index (χ3n) is 35.5. The predicted octanol–water partition coefficient (Wildman–Crippen LogP) is 36.6. The van der Waals surface area contributed by atoms with Gasteiger partial charge in [0.2, 0.25) is 0 Å². The molecule has 9 rings (SSSR count). The van der Waals surface area contributed by atoms with Crippen LogP contribution in [0.3, 0.4) is 0 Å². The van der Waals surface area contributed by atoms with E-state index in [1.165, 1.54) is 19.3 Å². The summed E-state index contributed by atoms with van der Waals surface area (Å²) in [6, 6.07) is 0. The highest BCUT2D eigenvalue weighted by Crippen LogP contribution is 2.57. The van der Waals surface area contributed by atoms with Crippen LogP contribution in [0.15, 0.2) is 0 Å². The van der Waals surface area contributed by atoms with E-state index in [1.54, 1.807) is 14.0 Å². The van der Waals surface area contributed by atoms with Crippen molar-refractivity contribution in [2.24, 2.45) is 228 Å². The molecule has 9 heterocycles. The van der Waals surface area contributed by atoms with Crippen LogP contribution in [0.2, 0.25) is 0 Å². The molecule has 143 heavy (non-hydrogen) atoms. The average Bonchev–Trinajstić information content (AvgIpc) is 0.831. The summed E-state index contributed by atoms with van der Waals surface area (Å²) in [5.41, 5.74) is 4.95. The molecule has 27 atom stereocenters. The third-order valence-corrected chi connectivity index (χ3v) is 35.5. The van der Waals surface area contributed by atoms with Gasteiger partial charge in [-0.05, 0) is 262 Å². The Balaban J connectivity index is 0.000000805. The molecule has 9 aliphatic rings. The SMILES string of the molecule is CC(C)(C)C1C(CF)COC[C@@H]1C(C)(C)C.CC(C)(C)C1CC(C(F)F)OC[C@@H]1C(C)(C)C.CC(C)(C)C1CC(CF)OC[C@@H]1C(C)(C)C.CC(C)(C)C1CCOC[C@@H]1C(C)(C)C.CC(F)C1COC[C@H](C(C)(C)C)C1C(C)(C)C.CC1CC(C(C)(C)C)[C@@H](C(C)(C)C)CO1.CC1COC[C@H](C(C)(C)C)C1C(C)(C)C.CCC1COC[C@H](C(C)(C)C)C1C(C)(C)C.COCC1CC(C(C)(C)C)[C@@H](C(C)(C)C)CO1. The lowest BCUT2D eigenvalue weighted by atomic mass is 9.58. The van der Waals surface area contributed by atoms with E-state index < -0.39 is 18.7 Å². The molecule has 0 bridgehead atoms. The van der Waals surface area contributed by atoms with Crippen molar-refractivity contribution in [2.45, 2.75) is 477 Å². The number of hydrogen-bond donors (Lipinski definition) is 0. The molecule has 0 aromatic heterocycles. The standard InChI is InChI=1S/C15H29FO.C15H30O2.C15H30O.C14H26F2O.2C14H27FO.2C14H28O.C13H26O/c1-10(16)11-8-17-9-12(14(2,3)4)13(11)15(5,6)7;1-14(2,3)12-8-11(9-16-7)17-10-13(12)15(4,5)6;1-8-11-9-16-10-12(14(2,3)4)13(11)15(5,6)7;1-13(2,3)9-7-11(12(15)16)17-8-10(9)14(4,5)6;1-13(2,3)11-9-16-8-10(7-15)12(11)14(4,5)6;1-13(2,3)11-7-10(8-15)16-9-12(11)14(4,5)6;1-10-8-15-9-11(13(2,3)4)12(10)14(5,6)7;1-10-8-11(13(2,3)4)12(9-15-10)14(5,6)7;1-12(2,3)10-7-8-14-9-11(10)13(4,5)6/h10-13H,8-9H2,1-7H3;11-13H,8-10H2,1-7H3;11-13H,8-10H2,1-7H3;9-12H,7-8H2,1-6H3;2*10-12H,7-9H2,1-6H3;2*10-12H,8-9H2,1-7H3;10-11H,7-9H2,1-6H3/t10?,11?,12-,13?;11?,12?,13-;11?,12-,13?;9?,10-,11?;10?,11-,12?;10?,11?,12-;10?,11-,12?;10?,11?,12-;10?,11-/m000000000/s1. The number of methoxy groups -OCH3 is 1. The van der Waals surface area contributed by atoms with E-state index in [1.807, 2.05) is 0 Å². The van der Waals surface area contributed by atoms with Crippen molar-refractivity contribution in [3.8, 4) is 0 Å². The van der Waals surface area contributed by atoms with Gasteiger partial charge >= 0.3 is 0 Å². The van der Waals surface area contributed by atoms with Crippen molar-refractivity contribution < 1.29 is 69.3 Å². The molecule has 9 fully saturated rings. The van der Waals surface area contributed by atoms with Crippen LogP contribution in [0.1, 0.15) is 440 Å². The Kier molecular flexibility index (Phi) is 54.2. The lowest BCUT2D eigenvalue weighted by molar-refractivity contribution is -0.151. The molecule has 0 aliphatic carbocycles. The van der Waals surface area contributed by atoms with Crippen LogP contribution >= 0.6 is 0 Å². The normalized spacial score (nSPS) is 32.7. The van der Waals surface area contributed by atoms with Gasteiger partial charge in [0.05, 0.1) is 104 Å². The lowest BCUT2D eigenvalue weighted by Gasteiger charge is -2.50. The predicted molar refractivity (Wildman–Crippen MR) is 605 cm³/mol. The summed E-state index contributed by atoms with van der Waals surface area (Å²) in [4.78, 5) is 0. The Bertz CT molecular complexity index is 3310. The molecule has 0 aromatic rings. The maximum Gasteiger partial charge on any atom is 0.264 e. The molecule has 0 aromatic carbocycles. The number of hydrogen-bond acceptors (Lipinski definition) is 10. The highest BCUT2D eigenvalue weighted by atomic mass is 19.3. The summed E-state index contributed by atoms with van der Waals surface area (Å²) in [6.07, 6.45) is 2.66. The van der Waals surface area contributed by atoms with Gasteiger partial charge in [0.15, 0.2) is 0 Å². The van der Waals surface area contributed by atoms with Gasteiger partial charge in [-0.3, -0.25) is 4.39 Å². The van der Waals surface area contributed by atoms with Crippen LogP contribution < -0.4 is 0 Å². The Morgan fingerprint density at radius 2 is 0.531 bits per heavy atom. The number of rotatable bonds is 7. The molecule has 10 nitrogen and oxygen atoms in total. The van der Waals surface area contributed by atoms with E-state index in [9.17, 15) is 22.0 Å². The molecule has 9 aliphatic heterocycles. The topological polar surface area (TPSA) is 92.3 Å². The van der Waals surface area contributed by atoms with E-state index in [-0.39, 0.29) is 86.6 Å². The second-order valence-electron chi connectivity index (χ2n) is 66.4. The average molecular weight is 2050 g/mol. The minimum absolute atomic E-state index is 0.0352. The van der Waals surface area contributed by atoms with Crippen molar-refractivity contribution in [3.05, 3.63) is 0 Å². The van der Waals surface area contributed by atoms with Crippen molar-refractivity contribution in [3.63, 3.8) is 0 Å². The van der Waals surface area contributed by atoms with Crippen molar-refractivity contribution in [2.75, 3.05) is 120 Å². The summed E-state index contributed by atoms with van der Waals surface area (Å²) >= 11 is 0. The van der Waals surface area contributed by atoms with Gasteiger partial charge in [0.1, 0.15) is 19.0 Å². The van der Waals surface area contributed by atoms with E-state index in [2.05, 4.69) is 395 Å². The smallest absolute Gasteiger partial charge is 0.264 e. The maximum absolute atomic E-state index is 13.8. The molecular weight excluding hydrogens is 1790 g/mol. The molecule has 858 valence electrons. The van der Waals surface area contributed by atoms with Gasteiger partial charge in [0.25, 0.3) is 6.43 Å². The van der Waals surface area contributed by atoms with E-state index in [0.29, 0.717) is 176 Å². The Morgan fingerprint density at radius 1 is 0.259 bits per heavy atom. The number of alkyl halides is 5. The fourth-order valence-electron chi connectivity index (χ4n) is 27.0. The monoisotopic (exact) mass is 2040 g/mol. The lowest BCUT2D eigenvalue weighted by Crippen LogP contribution is -2.50. The molecule has 9 saturated heterocycles. The van der Waals surface area contributed by atoms with Gasteiger partial charge in [-0.15, -0.1) is 0 Å². The second kappa shape index (κ2) is 55.2. The minimum atomic E-state index is -2.36. The van der Waals surface area contributed by atoms with E-state index >= 15 is 0 Å². The highest BCUT2D eigenvalue weighted by molar-refractivity contribution is 5.02. The fourth-order valence-corrected chi connectivity index (χ4v) is 27.0. The quantitative estimate of drug-likeness (QED) is 0.230. The first-order chi connectivity index (χ1) is 63.7. The minimum Gasteiger partial charge on any atom is -0.382 e. The molecule has 0 spiro atoms. The first kappa shape index (κ1) is 140. The number of halogens is 5. The zero-order valence-corrected chi connectivity index (χ0v) is 106. The summed E-state index contributed by atoms with van der Waals surface area (Å²) in [6.45, 7) is 144. The van der Waals surface area contributed by atoms with Gasteiger partial charge < -0.3 is 47.4 Å². The second-order valence-corrected chi connectivity index (χ2v) is 66.4. The number of ether oxygens (including phenoxy) is 10. The van der Waals surface area contributed by atoms with Crippen molar-refractivity contribution in [1.82, 2.24) is 0 Å². The summed E-state index contributed by atoms with van der Waals surface area (Å²) in [5.74, 6) is 12.1. The molecule has 0 amide bonds. The van der Waals surface area contributed by atoms with Crippen molar-refractivity contribution in [1.29, 1.82) is 0 Å². The molecule has 18 unspecified atom stereocenters. The first-order valence-electron chi connectivity index (χ1n) is 57.6. The molecule has 15 heteroatoms. The summed E-state index contributed by atoms with van der Waals surface area (Å²) in [7, 11) is 1.76. The van der Waals surface area contributed by atoms with Crippen molar-refractivity contribution >= 4 is 0 Å². The first-order valence-corrected chi connectivity index (χ1v) is 57.6. The van der Waals surface area contributed by atoms with Crippen LogP contribution in [0.25, 0.3) is 0 Å². The van der Waals surface area contributed by atoms with Gasteiger partial charge in [-0.2, -0.15) is 0 Å². The third kappa shape index (κ3) is 46.3. The molecular formula is C128H251F5O10. The van der Waals surface area contributed by atoms with E-state index in [4.69, 9.17) is 47.4 Å². The fraction of sp³-hybridized carbons (Fsp3) is 1.00. The van der Waals surface area contributed by atoms with E-state index in [0.717, 1.165) is 115 Å². The maximum atomic E-state index is 13.8.